The van der Waals surface area contributed by atoms with Gasteiger partial charge in [0.25, 0.3) is 11.8 Å². The summed E-state index contributed by atoms with van der Waals surface area (Å²) >= 11 is 4.83. The summed E-state index contributed by atoms with van der Waals surface area (Å²) in [6.45, 7) is -0.0747. The number of hydrogen-bond acceptors (Lipinski definition) is 7. The molecule has 0 aromatic heterocycles. The number of thioether (sulfide) groups is 1. The van der Waals surface area contributed by atoms with E-state index in [0.717, 1.165) is 4.47 Å². The van der Waals surface area contributed by atoms with Gasteiger partial charge in [-0.3, -0.25) is 14.5 Å². The van der Waals surface area contributed by atoms with E-state index in [0.29, 0.717) is 22.8 Å². The number of esters is 1. The highest BCUT2D eigenvalue weighted by molar-refractivity contribution is 9.10. The number of β-lactam (4-membered cyclic amide) rings is 1. The Morgan fingerprint density at radius 3 is 1.96 bits per heavy atom. The zero-order valence-electron chi connectivity index (χ0n) is 24.4. The molecule has 4 aromatic carbocycles. The number of nitrogens with one attached hydrogen (secondary N) is 1. The van der Waals surface area contributed by atoms with Crippen molar-refractivity contribution in [2.24, 2.45) is 0 Å². The molecule has 1 fully saturated rings. The number of fused-ring (bicyclic) bond motifs is 1. The molecule has 0 aliphatic carbocycles. The maximum absolute atomic E-state index is 12.9. The molecule has 10 heteroatoms. The second-order valence-corrected chi connectivity index (χ2v) is 12.0. The SMILES string of the molecule is COC(=O)C1=C(COc2ccc(Br)cc2)CS[C@@H]2C(NC(=O)COc3ccccc3)C(=O)N12.c1ccc(-c2ccccc2)cc1. The van der Waals surface area contributed by atoms with Gasteiger partial charge in [-0.25, -0.2) is 4.79 Å². The van der Waals surface area contributed by atoms with Gasteiger partial charge < -0.3 is 19.5 Å². The van der Waals surface area contributed by atoms with Gasteiger partial charge in [0.05, 0.1) is 7.11 Å². The van der Waals surface area contributed by atoms with Gasteiger partial charge in [-0.1, -0.05) is 94.8 Å². The largest absolute Gasteiger partial charge is 0.489 e. The van der Waals surface area contributed by atoms with Crippen molar-refractivity contribution in [3.05, 3.63) is 131 Å². The third kappa shape index (κ3) is 8.14. The first-order valence-electron chi connectivity index (χ1n) is 14.2. The first kappa shape index (κ1) is 31.9. The number of para-hydroxylation sites is 1. The van der Waals surface area contributed by atoms with Crippen molar-refractivity contribution in [1.29, 1.82) is 0 Å². The molecule has 2 aliphatic rings. The fourth-order valence-electron chi connectivity index (χ4n) is 4.72. The number of rotatable bonds is 9. The van der Waals surface area contributed by atoms with Crippen molar-refractivity contribution in [3.8, 4) is 22.6 Å². The fourth-order valence-corrected chi connectivity index (χ4v) is 6.31. The van der Waals surface area contributed by atoms with Crippen LogP contribution in [0.5, 0.6) is 11.5 Å². The average Bonchev–Trinajstić information content (AvgIpc) is 3.10. The molecule has 230 valence electrons. The number of amides is 2. The maximum atomic E-state index is 12.9. The molecular weight excluding hydrogens is 656 g/mol. The zero-order valence-corrected chi connectivity index (χ0v) is 26.8. The van der Waals surface area contributed by atoms with Gasteiger partial charge in [0.15, 0.2) is 6.61 Å². The second kappa shape index (κ2) is 15.5. The lowest BCUT2D eigenvalue weighted by Gasteiger charge is -2.49. The maximum Gasteiger partial charge on any atom is 0.354 e. The van der Waals surface area contributed by atoms with Gasteiger partial charge in [-0.2, -0.15) is 0 Å². The van der Waals surface area contributed by atoms with E-state index in [2.05, 4.69) is 69.8 Å². The number of ether oxygens (including phenoxy) is 3. The highest BCUT2D eigenvalue weighted by Gasteiger charge is 2.54. The summed E-state index contributed by atoms with van der Waals surface area (Å²) in [7, 11) is 1.27. The predicted octanol–water partition coefficient (Wildman–Crippen LogP) is 6.09. The van der Waals surface area contributed by atoms with Gasteiger partial charge in [-0.15, -0.1) is 11.8 Å². The predicted molar refractivity (Wildman–Crippen MR) is 178 cm³/mol. The number of hydrogen-bond donors (Lipinski definition) is 1. The van der Waals surface area contributed by atoms with Crippen molar-refractivity contribution in [2.45, 2.75) is 11.4 Å². The summed E-state index contributed by atoms with van der Waals surface area (Å²) in [6, 6.07) is 36.3. The Bertz CT molecular complexity index is 1600. The number of carbonyl (C=O) groups is 3. The molecule has 2 heterocycles. The minimum Gasteiger partial charge on any atom is -0.489 e. The Balaban J connectivity index is 0.000000277. The number of benzene rings is 4. The summed E-state index contributed by atoms with van der Waals surface area (Å²) in [5.74, 6) is 0.267. The van der Waals surface area contributed by atoms with E-state index in [9.17, 15) is 14.4 Å². The molecule has 6 rings (SSSR count). The molecule has 0 saturated carbocycles. The summed E-state index contributed by atoms with van der Waals surface area (Å²) in [5, 5.41) is 2.31. The van der Waals surface area contributed by atoms with Crippen molar-refractivity contribution in [2.75, 3.05) is 26.1 Å². The lowest BCUT2D eigenvalue weighted by atomic mass is 10.0. The highest BCUT2D eigenvalue weighted by Crippen LogP contribution is 2.40. The average molecular weight is 688 g/mol. The number of carbonyl (C=O) groups excluding carboxylic acids is 3. The standard InChI is InChI=1S/C23H21BrN2O6S.C12H10/c1-30-23(29)20-14(11-31-17-9-7-15(24)8-10-17)13-33-22-19(21(28)26(20)22)25-18(27)12-32-16-5-3-2-4-6-16;1-3-7-11(8-4-1)12-9-5-2-6-10-12/h2-10,19,22H,11-13H2,1H3,(H,25,27);1-10H/t19?,22-;/m1./s1. The molecule has 0 radical (unpaired) electrons. The van der Waals surface area contributed by atoms with Crippen LogP contribution in [0.3, 0.4) is 0 Å². The zero-order chi connectivity index (χ0) is 31.6. The van der Waals surface area contributed by atoms with Crippen molar-refractivity contribution < 1.29 is 28.6 Å². The van der Waals surface area contributed by atoms with E-state index >= 15 is 0 Å². The van der Waals surface area contributed by atoms with Crippen molar-refractivity contribution in [3.63, 3.8) is 0 Å². The van der Waals surface area contributed by atoms with Crippen LogP contribution in [0.4, 0.5) is 0 Å². The monoisotopic (exact) mass is 686 g/mol. The molecule has 0 bridgehead atoms. The van der Waals surface area contributed by atoms with E-state index in [1.54, 1.807) is 36.4 Å². The summed E-state index contributed by atoms with van der Waals surface area (Å²) in [5.41, 5.74) is 3.38. The van der Waals surface area contributed by atoms with Crippen LogP contribution in [-0.4, -0.2) is 60.2 Å². The lowest BCUT2D eigenvalue weighted by Crippen LogP contribution is -2.71. The summed E-state index contributed by atoms with van der Waals surface area (Å²) in [4.78, 5) is 39.1. The first-order valence-corrected chi connectivity index (χ1v) is 16.0. The molecular formula is C35H31BrN2O6S. The van der Waals surface area contributed by atoms with Crippen LogP contribution in [0.15, 0.2) is 131 Å². The Morgan fingerprint density at radius 2 is 1.38 bits per heavy atom. The van der Waals surface area contributed by atoms with Gasteiger partial charge in [0.1, 0.15) is 35.2 Å². The smallest absolute Gasteiger partial charge is 0.354 e. The lowest BCUT2D eigenvalue weighted by molar-refractivity contribution is -0.152. The number of nitrogens with zero attached hydrogens (tertiary/aromatic N) is 1. The normalized spacial score (nSPS) is 16.8. The second-order valence-electron chi connectivity index (χ2n) is 9.98. The molecule has 2 atom stereocenters. The fraction of sp³-hybridized carbons (Fsp3) is 0.171. The van der Waals surface area contributed by atoms with Crippen LogP contribution in [0.1, 0.15) is 0 Å². The molecule has 4 aromatic rings. The number of methoxy groups -OCH3 is 1. The quantitative estimate of drug-likeness (QED) is 0.168. The minimum atomic E-state index is -0.740. The third-order valence-electron chi connectivity index (χ3n) is 6.96. The summed E-state index contributed by atoms with van der Waals surface area (Å²) < 4.78 is 17.1. The van der Waals surface area contributed by atoms with Gasteiger partial charge in [0.2, 0.25) is 0 Å². The van der Waals surface area contributed by atoms with E-state index in [4.69, 9.17) is 14.2 Å². The van der Waals surface area contributed by atoms with Crippen LogP contribution >= 0.6 is 27.7 Å². The molecule has 1 N–H and O–H groups in total. The first-order chi connectivity index (χ1) is 21.9. The minimum absolute atomic E-state index is 0.136. The van der Waals surface area contributed by atoms with Crippen LogP contribution in [0, 0.1) is 0 Å². The third-order valence-corrected chi connectivity index (χ3v) is 8.83. The Hall–Kier alpha value is -4.54. The van der Waals surface area contributed by atoms with Crippen LogP contribution in [0.25, 0.3) is 11.1 Å². The van der Waals surface area contributed by atoms with E-state index in [1.807, 2.05) is 30.3 Å². The highest BCUT2D eigenvalue weighted by atomic mass is 79.9. The molecule has 0 spiro atoms. The topological polar surface area (TPSA) is 94.2 Å². The Morgan fingerprint density at radius 1 is 0.822 bits per heavy atom. The van der Waals surface area contributed by atoms with E-state index in [1.165, 1.54) is 34.9 Å². The van der Waals surface area contributed by atoms with Crippen molar-refractivity contribution in [1.82, 2.24) is 10.2 Å². The summed E-state index contributed by atoms with van der Waals surface area (Å²) in [6.07, 6.45) is 0. The van der Waals surface area contributed by atoms with Crippen LogP contribution in [-0.2, 0) is 19.1 Å². The van der Waals surface area contributed by atoms with Crippen LogP contribution < -0.4 is 14.8 Å². The Labute approximate surface area is 274 Å². The van der Waals surface area contributed by atoms with Crippen molar-refractivity contribution >= 4 is 45.5 Å². The van der Waals surface area contributed by atoms with Gasteiger partial charge in [-0.05, 0) is 47.5 Å². The molecule has 1 saturated heterocycles. The molecule has 8 nitrogen and oxygen atoms in total. The Kier molecular flexibility index (Phi) is 10.9. The van der Waals surface area contributed by atoms with Gasteiger partial charge in [0, 0.05) is 15.8 Å². The number of halogens is 1. The molecule has 45 heavy (non-hydrogen) atoms. The van der Waals surface area contributed by atoms with Crippen LogP contribution in [0.2, 0.25) is 0 Å². The molecule has 1 unspecified atom stereocenters. The van der Waals surface area contributed by atoms with E-state index in [-0.39, 0.29) is 24.8 Å². The molecule has 2 aliphatic heterocycles. The van der Waals surface area contributed by atoms with Gasteiger partial charge >= 0.3 is 5.97 Å². The van der Waals surface area contributed by atoms with E-state index < -0.39 is 23.3 Å². The molecule has 2 amide bonds.